The monoisotopic (exact) mass is 282 g/mol. The Morgan fingerprint density at radius 3 is 1.79 bits per heavy atom. The van der Waals surface area contributed by atoms with Gasteiger partial charge in [-0.3, -0.25) is 9.59 Å². The van der Waals surface area contributed by atoms with E-state index in [9.17, 15) is 9.59 Å². The topological polar surface area (TPSA) is 74.6 Å². The van der Waals surface area contributed by atoms with Crippen LogP contribution in [0.3, 0.4) is 0 Å². The molecule has 0 amide bonds. The first-order valence-corrected chi connectivity index (χ1v) is 6.57. The van der Waals surface area contributed by atoms with E-state index >= 15 is 0 Å². The SMILES string of the molecule is CCCCCC[C-](C)C(C)C.O=C(O)CC(=O)O.[Na+]. The molecule has 0 aromatic carbocycles. The zero-order chi connectivity index (χ0) is 14.6. The van der Waals surface area contributed by atoms with Crippen molar-refractivity contribution in [2.75, 3.05) is 0 Å². The van der Waals surface area contributed by atoms with Crippen LogP contribution in [0.15, 0.2) is 0 Å². The Morgan fingerprint density at radius 1 is 1.05 bits per heavy atom. The van der Waals surface area contributed by atoms with Crippen LogP contribution in [-0.2, 0) is 9.59 Å². The Balaban J connectivity index is -0.000000280. The Bertz CT molecular complexity index is 217. The summed E-state index contributed by atoms with van der Waals surface area (Å²) in [6.45, 7) is 9.12. The maximum atomic E-state index is 9.43. The third-order valence-corrected chi connectivity index (χ3v) is 2.71. The number of hydrogen-bond acceptors (Lipinski definition) is 2. The fourth-order valence-corrected chi connectivity index (χ4v) is 1.25. The molecule has 0 saturated heterocycles. The van der Waals surface area contributed by atoms with Gasteiger partial charge in [0.1, 0.15) is 6.42 Å². The van der Waals surface area contributed by atoms with Crippen molar-refractivity contribution in [1.29, 1.82) is 0 Å². The van der Waals surface area contributed by atoms with E-state index in [1.807, 2.05) is 0 Å². The van der Waals surface area contributed by atoms with Gasteiger partial charge in [-0.05, 0) is 0 Å². The van der Waals surface area contributed by atoms with Crippen LogP contribution < -0.4 is 29.6 Å². The van der Waals surface area contributed by atoms with E-state index in [0.717, 1.165) is 5.92 Å². The van der Waals surface area contributed by atoms with Gasteiger partial charge in [-0.1, -0.05) is 46.5 Å². The summed E-state index contributed by atoms with van der Waals surface area (Å²) in [7, 11) is 0. The van der Waals surface area contributed by atoms with Crippen LogP contribution in [0.2, 0.25) is 0 Å². The predicted molar refractivity (Wildman–Crippen MR) is 72.4 cm³/mol. The molecule has 0 aromatic heterocycles. The molecule has 0 spiro atoms. The van der Waals surface area contributed by atoms with Crippen molar-refractivity contribution in [3.63, 3.8) is 0 Å². The first-order valence-electron chi connectivity index (χ1n) is 6.57. The Hall–Kier alpha value is -0.0600. The normalized spacial score (nSPS) is 9.58. The smallest absolute Gasteiger partial charge is 0.481 e. The number of hydrogen-bond donors (Lipinski definition) is 2. The third kappa shape index (κ3) is 23.5. The van der Waals surface area contributed by atoms with Crippen molar-refractivity contribution in [3.8, 4) is 0 Å². The van der Waals surface area contributed by atoms with Crippen molar-refractivity contribution in [1.82, 2.24) is 0 Å². The fourth-order valence-electron chi connectivity index (χ4n) is 1.25. The van der Waals surface area contributed by atoms with Crippen molar-refractivity contribution in [3.05, 3.63) is 5.92 Å². The van der Waals surface area contributed by atoms with Crippen LogP contribution in [-0.4, -0.2) is 22.2 Å². The van der Waals surface area contributed by atoms with Gasteiger partial charge in [0.15, 0.2) is 0 Å². The second-order valence-electron chi connectivity index (χ2n) is 4.78. The molecule has 0 atom stereocenters. The van der Waals surface area contributed by atoms with E-state index in [-0.39, 0.29) is 29.6 Å². The molecule has 0 heterocycles. The minimum atomic E-state index is -1.31. The Morgan fingerprint density at radius 2 is 1.53 bits per heavy atom. The van der Waals surface area contributed by atoms with E-state index in [4.69, 9.17) is 10.2 Å². The molecule has 2 N–H and O–H groups in total. The average Bonchev–Trinajstić information content (AvgIpc) is 2.22. The van der Waals surface area contributed by atoms with Crippen molar-refractivity contribution >= 4 is 11.9 Å². The number of aliphatic carboxylic acids is 2. The molecule has 0 aliphatic heterocycles. The van der Waals surface area contributed by atoms with E-state index in [2.05, 4.69) is 27.7 Å². The van der Waals surface area contributed by atoms with Gasteiger partial charge in [0, 0.05) is 0 Å². The van der Waals surface area contributed by atoms with E-state index in [0.29, 0.717) is 0 Å². The molecular formula is C14H27NaO4. The first-order chi connectivity index (χ1) is 8.31. The predicted octanol–water partition coefficient (Wildman–Crippen LogP) is 0.757. The summed E-state index contributed by atoms with van der Waals surface area (Å²) in [5.41, 5.74) is 0. The Labute approximate surface area is 139 Å². The molecule has 0 bridgehead atoms. The molecule has 0 saturated carbocycles. The molecular weight excluding hydrogens is 255 g/mol. The standard InChI is InChI=1S/C11H23.C3H4O4.Na/c1-5-6-7-8-9-11(4)10(2)3;4-2(5)1-3(6)7;/h10H,5-9H2,1-4H3;1H2,(H,4,5)(H,6,7);/q-1;;+1. The molecule has 0 aliphatic rings. The van der Waals surface area contributed by atoms with Crippen LogP contribution in [0.1, 0.15) is 66.2 Å². The molecule has 108 valence electrons. The van der Waals surface area contributed by atoms with Gasteiger partial charge in [-0.15, -0.1) is 0 Å². The summed E-state index contributed by atoms with van der Waals surface area (Å²) >= 11 is 0. The minimum Gasteiger partial charge on any atom is -0.481 e. The van der Waals surface area contributed by atoms with Gasteiger partial charge < -0.3 is 16.1 Å². The summed E-state index contributed by atoms with van der Waals surface area (Å²) in [5, 5.41) is 15.4. The molecule has 0 fully saturated rings. The van der Waals surface area contributed by atoms with E-state index in [1.54, 1.807) is 5.92 Å². The van der Waals surface area contributed by atoms with Gasteiger partial charge >= 0.3 is 41.5 Å². The quantitative estimate of drug-likeness (QED) is 0.298. The molecule has 0 unspecified atom stereocenters. The minimum absolute atomic E-state index is 0. The fraction of sp³-hybridized carbons (Fsp3) is 0.786. The number of carboxylic acid groups (broad SMARTS) is 2. The van der Waals surface area contributed by atoms with Crippen LogP contribution in [0.5, 0.6) is 0 Å². The molecule has 19 heavy (non-hydrogen) atoms. The number of carboxylic acids is 2. The molecule has 0 aliphatic carbocycles. The maximum absolute atomic E-state index is 9.43. The second-order valence-corrected chi connectivity index (χ2v) is 4.78. The van der Waals surface area contributed by atoms with Crippen LogP contribution in [0.25, 0.3) is 0 Å². The van der Waals surface area contributed by atoms with Crippen LogP contribution in [0, 0.1) is 11.8 Å². The maximum Gasteiger partial charge on any atom is 1.00 e. The first kappa shape index (κ1) is 24.0. The van der Waals surface area contributed by atoms with E-state index < -0.39 is 18.4 Å². The van der Waals surface area contributed by atoms with Crippen molar-refractivity contribution < 1.29 is 49.4 Å². The number of carbonyl (C=O) groups is 2. The van der Waals surface area contributed by atoms with Crippen molar-refractivity contribution in [2.24, 2.45) is 5.92 Å². The molecule has 4 nitrogen and oxygen atoms in total. The van der Waals surface area contributed by atoms with Crippen LogP contribution >= 0.6 is 0 Å². The molecule has 0 radical (unpaired) electrons. The Kier molecular flexibility index (Phi) is 20.2. The summed E-state index contributed by atoms with van der Waals surface area (Å²) in [6, 6.07) is 0. The molecule has 5 heteroatoms. The van der Waals surface area contributed by atoms with Gasteiger partial charge in [0.25, 0.3) is 0 Å². The molecule has 0 aromatic rings. The number of unbranched alkanes of at least 4 members (excludes halogenated alkanes) is 3. The molecule has 0 rings (SSSR count). The summed E-state index contributed by atoms with van der Waals surface area (Å²) < 4.78 is 0. The van der Waals surface area contributed by atoms with Crippen molar-refractivity contribution in [2.45, 2.75) is 66.2 Å². The van der Waals surface area contributed by atoms with Gasteiger partial charge in [-0.2, -0.15) is 19.3 Å². The summed E-state index contributed by atoms with van der Waals surface area (Å²) in [6.07, 6.45) is 6.11. The third-order valence-electron chi connectivity index (χ3n) is 2.71. The zero-order valence-corrected chi connectivity index (χ0v) is 15.0. The summed E-state index contributed by atoms with van der Waals surface area (Å²) in [4.78, 5) is 18.9. The zero-order valence-electron chi connectivity index (χ0n) is 13.0. The average molecular weight is 282 g/mol. The largest absolute Gasteiger partial charge is 1.00 e. The van der Waals surface area contributed by atoms with Crippen LogP contribution in [0.4, 0.5) is 0 Å². The van der Waals surface area contributed by atoms with Gasteiger partial charge in [0.2, 0.25) is 0 Å². The van der Waals surface area contributed by atoms with E-state index in [1.165, 1.54) is 32.1 Å². The van der Waals surface area contributed by atoms with Gasteiger partial charge in [-0.25, -0.2) is 0 Å². The second kappa shape index (κ2) is 16.0. The van der Waals surface area contributed by atoms with Gasteiger partial charge in [0.05, 0.1) is 0 Å². The summed E-state index contributed by atoms with van der Waals surface area (Å²) in [5.74, 6) is -0.169. The number of rotatable bonds is 8.